The molecule has 9 heteroatoms. The van der Waals surface area contributed by atoms with E-state index in [0.29, 0.717) is 17.3 Å². The quantitative estimate of drug-likeness (QED) is 0.577. The second-order valence-electron chi connectivity index (χ2n) is 11.7. The standard InChI is InChI=1S/C26H40BN5O3/c1-9-20-25(4,5)26(6,7)35-27(20)21-15-19(23(33)31(8)30-21)29-22-12-11-18(16-28-22)34-24(2,3)17-32-13-10-14-32/h11-12,15-16,20H,9-10,13-14,17H2,1-8H3,(H,28,29). The first-order valence-electron chi connectivity index (χ1n) is 12.7. The summed E-state index contributed by atoms with van der Waals surface area (Å²) in [4.78, 5) is 19.8. The van der Waals surface area contributed by atoms with Gasteiger partial charge in [-0.3, -0.25) is 9.69 Å². The molecular formula is C26H40BN5O3. The molecule has 1 atom stereocenters. The van der Waals surface area contributed by atoms with Crippen LogP contribution in [0.5, 0.6) is 5.75 Å². The van der Waals surface area contributed by atoms with Crippen LogP contribution in [0.15, 0.2) is 29.2 Å². The van der Waals surface area contributed by atoms with Crippen molar-refractivity contribution in [2.45, 2.75) is 78.3 Å². The zero-order valence-corrected chi connectivity index (χ0v) is 22.5. The van der Waals surface area contributed by atoms with Crippen LogP contribution >= 0.6 is 0 Å². The van der Waals surface area contributed by atoms with Gasteiger partial charge >= 0.3 is 6.92 Å². The maximum atomic E-state index is 12.9. The van der Waals surface area contributed by atoms with Crippen LogP contribution in [0, 0.1) is 5.41 Å². The van der Waals surface area contributed by atoms with Crippen LogP contribution in [-0.2, 0) is 11.7 Å². The lowest BCUT2D eigenvalue weighted by Gasteiger charge is -2.38. The molecule has 2 fully saturated rings. The lowest BCUT2D eigenvalue weighted by Crippen LogP contribution is -2.48. The first-order chi connectivity index (χ1) is 16.3. The molecule has 4 heterocycles. The molecule has 0 aliphatic carbocycles. The third kappa shape index (κ3) is 5.12. The molecule has 0 aromatic carbocycles. The van der Waals surface area contributed by atoms with Gasteiger partial charge in [0.05, 0.1) is 17.4 Å². The Morgan fingerprint density at radius 2 is 1.97 bits per heavy atom. The Balaban J connectivity index is 1.52. The molecule has 2 aromatic heterocycles. The minimum atomic E-state index is -0.302. The van der Waals surface area contributed by atoms with Gasteiger partial charge < -0.3 is 14.7 Å². The van der Waals surface area contributed by atoms with E-state index in [4.69, 9.17) is 9.39 Å². The molecule has 2 aliphatic heterocycles. The molecule has 35 heavy (non-hydrogen) atoms. The number of aromatic nitrogens is 3. The van der Waals surface area contributed by atoms with E-state index in [1.165, 1.54) is 11.1 Å². The minimum absolute atomic E-state index is 0.0305. The fourth-order valence-electron chi connectivity index (χ4n) is 5.31. The van der Waals surface area contributed by atoms with Crippen molar-refractivity contribution in [3.63, 3.8) is 0 Å². The molecule has 2 aromatic rings. The maximum absolute atomic E-state index is 12.9. The number of nitrogens with zero attached hydrogens (tertiary/aromatic N) is 4. The second kappa shape index (κ2) is 9.24. The summed E-state index contributed by atoms with van der Waals surface area (Å²) in [5.74, 6) is 1.57. The van der Waals surface area contributed by atoms with Crippen LogP contribution in [0.4, 0.5) is 11.5 Å². The smallest absolute Gasteiger partial charge is 0.353 e. The topological polar surface area (TPSA) is 81.5 Å². The van der Waals surface area contributed by atoms with E-state index in [9.17, 15) is 4.79 Å². The second-order valence-corrected chi connectivity index (χ2v) is 11.7. The summed E-state index contributed by atoms with van der Waals surface area (Å²) in [6.45, 7) is 18.1. The van der Waals surface area contributed by atoms with E-state index in [1.54, 1.807) is 13.2 Å². The molecule has 1 unspecified atom stereocenters. The van der Waals surface area contributed by atoms with Crippen molar-refractivity contribution in [2.24, 2.45) is 12.5 Å². The third-order valence-corrected chi connectivity index (χ3v) is 8.03. The third-order valence-electron chi connectivity index (χ3n) is 8.03. The number of hydrogen-bond acceptors (Lipinski definition) is 7. The van der Waals surface area contributed by atoms with Crippen LogP contribution in [0.2, 0.25) is 5.82 Å². The summed E-state index contributed by atoms with van der Waals surface area (Å²) < 4.78 is 14.1. The molecule has 0 spiro atoms. The van der Waals surface area contributed by atoms with E-state index in [1.807, 2.05) is 18.2 Å². The van der Waals surface area contributed by atoms with Crippen molar-refractivity contribution in [3.8, 4) is 5.75 Å². The van der Waals surface area contributed by atoms with Crippen LogP contribution in [0.3, 0.4) is 0 Å². The van der Waals surface area contributed by atoms with Gasteiger partial charge in [0, 0.05) is 13.6 Å². The summed E-state index contributed by atoms with van der Waals surface area (Å²) in [5.41, 5.74) is 0.341. The van der Waals surface area contributed by atoms with Gasteiger partial charge in [-0.2, -0.15) is 5.10 Å². The van der Waals surface area contributed by atoms with E-state index < -0.39 is 0 Å². The molecule has 0 amide bonds. The predicted molar refractivity (Wildman–Crippen MR) is 141 cm³/mol. The van der Waals surface area contributed by atoms with Crippen molar-refractivity contribution in [1.82, 2.24) is 19.7 Å². The number of anilines is 2. The van der Waals surface area contributed by atoms with Crippen molar-refractivity contribution in [1.29, 1.82) is 0 Å². The van der Waals surface area contributed by atoms with Gasteiger partial charge in [0.1, 0.15) is 22.9 Å². The average molecular weight is 481 g/mol. The van der Waals surface area contributed by atoms with E-state index >= 15 is 0 Å². The lowest BCUT2D eigenvalue weighted by atomic mass is 9.46. The Kier molecular flexibility index (Phi) is 6.79. The highest BCUT2D eigenvalue weighted by Gasteiger charge is 2.57. The Morgan fingerprint density at radius 1 is 1.26 bits per heavy atom. The number of pyridine rings is 1. The molecule has 2 aliphatic rings. The number of nitrogens with one attached hydrogen (secondary N) is 1. The van der Waals surface area contributed by atoms with Gasteiger partial charge in [-0.15, -0.1) is 0 Å². The highest BCUT2D eigenvalue weighted by atomic mass is 16.5. The number of rotatable bonds is 8. The summed E-state index contributed by atoms with van der Waals surface area (Å²) in [6.07, 6.45) is 3.92. The van der Waals surface area contributed by atoms with Crippen molar-refractivity contribution >= 4 is 24.0 Å². The highest BCUT2D eigenvalue weighted by Crippen LogP contribution is 2.53. The van der Waals surface area contributed by atoms with Crippen LogP contribution in [0.25, 0.3) is 0 Å². The predicted octanol–water partition coefficient (Wildman–Crippen LogP) is 3.60. The number of aryl methyl sites for hydroxylation is 1. The molecule has 190 valence electrons. The first kappa shape index (κ1) is 25.7. The molecule has 8 nitrogen and oxygen atoms in total. The lowest BCUT2D eigenvalue weighted by molar-refractivity contribution is 0.0274. The Hall–Kier alpha value is -2.39. The Morgan fingerprint density at radius 3 is 2.54 bits per heavy atom. The zero-order chi connectivity index (χ0) is 25.6. The summed E-state index contributed by atoms with van der Waals surface area (Å²) >= 11 is 0. The van der Waals surface area contributed by atoms with Crippen LogP contribution < -0.4 is 21.2 Å². The first-order valence-corrected chi connectivity index (χ1v) is 12.7. The van der Waals surface area contributed by atoms with Crippen molar-refractivity contribution in [2.75, 3.05) is 25.0 Å². The van der Waals surface area contributed by atoms with Gasteiger partial charge in [-0.1, -0.05) is 27.2 Å². The Bertz CT molecular complexity index is 1110. The zero-order valence-electron chi connectivity index (χ0n) is 22.5. The Labute approximate surface area is 209 Å². The number of likely N-dealkylation sites (tertiary alicyclic amines) is 1. The molecule has 0 bridgehead atoms. The van der Waals surface area contributed by atoms with Crippen LogP contribution in [0.1, 0.15) is 61.3 Å². The largest absolute Gasteiger partial charge is 0.485 e. The highest BCUT2D eigenvalue weighted by molar-refractivity contribution is 6.69. The summed E-state index contributed by atoms with van der Waals surface area (Å²) in [5, 5.41) is 7.76. The van der Waals surface area contributed by atoms with Gasteiger partial charge in [0.25, 0.3) is 5.56 Å². The van der Waals surface area contributed by atoms with Crippen LogP contribution in [-0.4, -0.2) is 57.4 Å². The van der Waals surface area contributed by atoms with Gasteiger partial charge in [-0.25, -0.2) is 9.67 Å². The SMILES string of the molecule is CCC1B(c2cc(Nc3ccc(OC(C)(C)CN4CCC4)cn3)c(=O)n(C)n2)OC(C)(C)C1(C)C. The minimum Gasteiger partial charge on any atom is -0.485 e. The van der Waals surface area contributed by atoms with Crippen molar-refractivity contribution < 1.29 is 9.39 Å². The average Bonchev–Trinajstić information content (AvgIpc) is 2.93. The normalized spacial score (nSPS) is 21.6. The molecule has 0 saturated carbocycles. The number of ether oxygens (including phenoxy) is 1. The van der Waals surface area contributed by atoms with Gasteiger partial charge in [0.15, 0.2) is 0 Å². The summed E-state index contributed by atoms with van der Waals surface area (Å²) in [6, 6.07) is 5.54. The molecule has 2 saturated heterocycles. The fraction of sp³-hybridized carbons (Fsp3) is 0.654. The van der Waals surface area contributed by atoms with Gasteiger partial charge in [-0.05, 0) is 76.6 Å². The molecule has 0 radical (unpaired) electrons. The summed E-state index contributed by atoms with van der Waals surface area (Å²) in [7, 11) is 1.67. The van der Waals surface area contributed by atoms with E-state index in [2.05, 4.69) is 68.8 Å². The maximum Gasteiger partial charge on any atom is 0.353 e. The fourth-order valence-corrected chi connectivity index (χ4v) is 5.31. The number of hydrogen-bond donors (Lipinski definition) is 1. The van der Waals surface area contributed by atoms with Gasteiger partial charge in [0.2, 0.25) is 0 Å². The molecule has 4 rings (SSSR count). The van der Waals surface area contributed by atoms with E-state index in [-0.39, 0.29) is 34.9 Å². The molecular weight excluding hydrogens is 441 g/mol. The monoisotopic (exact) mass is 481 g/mol. The van der Waals surface area contributed by atoms with Crippen molar-refractivity contribution in [3.05, 3.63) is 34.7 Å². The molecule has 1 N–H and O–H groups in total. The van der Waals surface area contributed by atoms with E-state index in [0.717, 1.165) is 31.6 Å².